The van der Waals surface area contributed by atoms with Gasteiger partial charge in [-0.25, -0.2) is 4.79 Å². The number of nitrogens with zero attached hydrogens (tertiary/aromatic N) is 1. The van der Waals surface area contributed by atoms with Gasteiger partial charge in [0.2, 0.25) is 11.8 Å². The number of nitrogens with one attached hydrogen (secondary N) is 2. The number of rotatable bonds is 9. The first-order chi connectivity index (χ1) is 23.3. The molecule has 4 aliphatic rings. The number of hydrogen-bond donors (Lipinski definition) is 3. The fourth-order valence-electron chi connectivity index (χ4n) is 8.12. The fourth-order valence-corrected chi connectivity index (χ4v) is 11.0. The number of aromatic nitrogens is 1. The third-order valence-electron chi connectivity index (χ3n) is 9.96. The predicted molar refractivity (Wildman–Crippen MR) is 171 cm³/mol. The van der Waals surface area contributed by atoms with Crippen molar-refractivity contribution in [3.05, 3.63) is 68.1 Å². The number of halogens is 3. The average Bonchev–Trinajstić information content (AvgIpc) is 3.78. The number of thiazole rings is 1. The molecule has 2 bridgehead atoms. The van der Waals surface area contributed by atoms with Crippen LogP contribution >= 0.6 is 23.1 Å². The quantitative estimate of drug-likeness (QED) is 0.265. The highest BCUT2D eigenvalue weighted by atomic mass is 32.2. The zero-order chi connectivity index (χ0) is 34.9. The van der Waals surface area contributed by atoms with E-state index in [1.807, 2.05) is 0 Å². The monoisotopic (exact) mass is 717 g/mol. The summed E-state index contributed by atoms with van der Waals surface area (Å²) in [6.45, 7) is 2.83. The number of carbonyl (C=O) groups excluding carboxylic acids is 3. The fraction of sp³-hybridized carbons (Fsp3) is 0.424. The smallest absolute Gasteiger partial charge is 0.416 e. The van der Waals surface area contributed by atoms with E-state index in [1.54, 1.807) is 25.1 Å². The molecular formula is C33H30F3N3O8S2. The standard InChI is InChI=1S/C33H30F3N3O8S2/c1-3-46-20-9-14(7-8-19(20)47-12-21(40)37-16-6-4-5-15(10-16)33(34,35)36)22-23-17-11-18(26(23)48-28-27(22)49-32(45)38-28)25-24(17)29(41)39(30(25)42)13(2)31(43)44/h4-10,13,17-18,22-26H,3,11-12H2,1-2H3,(H,37,40)(H,38,45)(H,43,44)/t13?,17?,18?,22-,23?,24?,25?,26?/m1/s1. The number of likely N-dealkylation sites (tertiary alicyclic amines) is 1. The number of imide groups is 1. The number of fused-ring (bicyclic) bond motifs is 9. The first kappa shape index (κ1) is 33.2. The van der Waals surface area contributed by atoms with Crippen LogP contribution in [-0.4, -0.2) is 63.2 Å². The maximum Gasteiger partial charge on any atom is 0.416 e. The lowest BCUT2D eigenvalue weighted by atomic mass is 9.68. The summed E-state index contributed by atoms with van der Waals surface area (Å²) < 4.78 is 50.9. The van der Waals surface area contributed by atoms with Gasteiger partial charge in [0, 0.05) is 21.7 Å². The van der Waals surface area contributed by atoms with Crippen LogP contribution in [0, 0.1) is 29.6 Å². The minimum absolute atomic E-state index is 0.0362. The molecule has 8 atom stereocenters. The molecule has 16 heteroatoms. The Labute approximate surface area is 285 Å². The number of H-pyrrole nitrogens is 1. The van der Waals surface area contributed by atoms with Gasteiger partial charge in [-0.1, -0.05) is 23.5 Å². The number of carboxylic acid groups (broad SMARTS) is 1. The van der Waals surface area contributed by atoms with Crippen LogP contribution in [-0.2, 0) is 25.4 Å². The number of amides is 3. The number of aromatic amines is 1. The van der Waals surface area contributed by atoms with E-state index >= 15 is 0 Å². The highest BCUT2D eigenvalue weighted by Crippen LogP contribution is 2.68. The van der Waals surface area contributed by atoms with Crippen molar-refractivity contribution in [2.45, 2.75) is 48.7 Å². The Morgan fingerprint density at radius 2 is 1.80 bits per heavy atom. The van der Waals surface area contributed by atoms with Crippen molar-refractivity contribution in [2.75, 3.05) is 18.5 Å². The van der Waals surface area contributed by atoms with E-state index in [4.69, 9.17) is 9.47 Å². The van der Waals surface area contributed by atoms with E-state index in [-0.39, 0.29) is 51.8 Å². The van der Waals surface area contributed by atoms with Gasteiger partial charge in [0.1, 0.15) is 6.04 Å². The summed E-state index contributed by atoms with van der Waals surface area (Å²) in [4.78, 5) is 68.6. The van der Waals surface area contributed by atoms with Gasteiger partial charge in [-0.3, -0.25) is 24.1 Å². The van der Waals surface area contributed by atoms with Crippen molar-refractivity contribution in [2.24, 2.45) is 29.6 Å². The van der Waals surface area contributed by atoms with Crippen molar-refractivity contribution in [1.82, 2.24) is 9.88 Å². The van der Waals surface area contributed by atoms with Crippen molar-refractivity contribution in [1.29, 1.82) is 0 Å². The van der Waals surface area contributed by atoms with Crippen molar-refractivity contribution in [3.8, 4) is 11.5 Å². The number of ether oxygens (including phenoxy) is 2. The topological polar surface area (TPSA) is 155 Å². The molecule has 3 aromatic rings. The normalized spacial score (nSPS) is 27.4. The predicted octanol–water partition coefficient (Wildman–Crippen LogP) is 4.82. The van der Waals surface area contributed by atoms with E-state index in [0.717, 1.165) is 38.8 Å². The molecule has 0 radical (unpaired) electrons. The van der Waals surface area contributed by atoms with Gasteiger partial charge < -0.3 is 24.9 Å². The summed E-state index contributed by atoms with van der Waals surface area (Å²) in [5.41, 5.74) is -0.167. The minimum atomic E-state index is -4.57. The molecule has 1 saturated heterocycles. The van der Waals surface area contributed by atoms with Crippen LogP contribution < -0.4 is 19.7 Å². The molecule has 3 fully saturated rings. The molecule has 2 saturated carbocycles. The molecule has 7 rings (SSSR count). The second-order valence-electron chi connectivity index (χ2n) is 12.6. The summed E-state index contributed by atoms with van der Waals surface area (Å²) in [6.07, 6.45) is -3.94. The van der Waals surface area contributed by atoms with Crippen LogP contribution in [0.4, 0.5) is 18.9 Å². The van der Waals surface area contributed by atoms with E-state index in [9.17, 15) is 42.3 Å². The number of thioether (sulfide) groups is 1. The molecule has 2 aliphatic heterocycles. The highest BCUT2D eigenvalue weighted by Gasteiger charge is 2.70. The lowest BCUT2D eigenvalue weighted by molar-refractivity contribution is -0.154. The van der Waals surface area contributed by atoms with Gasteiger partial charge in [-0.2, -0.15) is 13.2 Å². The first-order valence-corrected chi connectivity index (χ1v) is 17.3. The number of carboxylic acids is 1. The summed E-state index contributed by atoms with van der Waals surface area (Å²) in [7, 11) is 0. The molecule has 0 spiro atoms. The summed E-state index contributed by atoms with van der Waals surface area (Å²) >= 11 is 2.58. The van der Waals surface area contributed by atoms with E-state index in [2.05, 4.69) is 10.3 Å². The maximum absolute atomic E-state index is 13.6. The number of anilines is 1. The summed E-state index contributed by atoms with van der Waals surface area (Å²) in [6, 6.07) is 8.16. The molecule has 2 aromatic carbocycles. The Balaban J connectivity index is 1.16. The van der Waals surface area contributed by atoms with Crippen molar-refractivity contribution >= 4 is 52.5 Å². The van der Waals surface area contributed by atoms with Gasteiger partial charge in [-0.05, 0) is 73.9 Å². The number of benzene rings is 2. The Kier molecular flexibility index (Phi) is 8.29. The molecule has 7 unspecified atom stereocenters. The Morgan fingerprint density at radius 3 is 2.49 bits per heavy atom. The molecule has 2 aliphatic carbocycles. The van der Waals surface area contributed by atoms with Crippen LogP contribution in [0.5, 0.6) is 11.5 Å². The summed E-state index contributed by atoms with van der Waals surface area (Å²) in [5.74, 6) is -4.49. The van der Waals surface area contributed by atoms with Gasteiger partial charge in [0.05, 0.1) is 29.0 Å². The SMILES string of the molecule is CCOc1cc([C@H]2c3sc(=O)[nH]c3SC3C4CC(C5C(=O)N(C(C)C(=O)O)C(=O)C45)C32)ccc1OCC(=O)Nc1cccc(C(F)(F)F)c1. The maximum atomic E-state index is 13.6. The first-order valence-electron chi connectivity index (χ1n) is 15.6. The van der Waals surface area contributed by atoms with E-state index < -0.39 is 59.9 Å². The lowest BCUT2D eigenvalue weighted by Crippen LogP contribution is -2.44. The van der Waals surface area contributed by atoms with Gasteiger partial charge in [0.25, 0.3) is 5.91 Å². The number of alkyl halides is 3. The van der Waals surface area contributed by atoms with Gasteiger partial charge in [-0.15, -0.1) is 11.8 Å². The number of aliphatic carboxylic acids is 1. The van der Waals surface area contributed by atoms with Crippen LogP contribution in [0.2, 0.25) is 0 Å². The zero-order valence-electron chi connectivity index (χ0n) is 26.0. The third-order valence-corrected chi connectivity index (χ3v) is 12.6. The highest BCUT2D eigenvalue weighted by molar-refractivity contribution is 8.00. The van der Waals surface area contributed by atoms with Crippen LogP contribution in [0.25, 0.3) is 0 Å². The minimum Gasteiger partial charge on any atom is -0.490 e. The molecular weight excluding hydrogens is 688 g/mol. The molecule has 49 heavy (non-hydrogen) atoms. The van der Waals surface area contributed by atoms with Crippen molar-refractivity contribution < 1.29 is 46.9 Å². The Morgan fingerprint density at radius 1 is 1.06 bits per heavy atom. The molecule has 3 amide bonds. The van der Waals surface area contributed by atoms with E-state index in [0.29, 0.717) is 17.2 Å². The second kappa shape index (κ2) is 12.2. The van der Waals surface area contributed by atoms with Crippen molar-refractivity contribution in [3.63, 3.8) is 0 Å². The molecule has 3 heterocycles. The van der Waals surface area contributed by atoms with Gasteiger partial charge in [0.15, 0.2) is 18.1 Å². The second-order valence-corrected chi connectivity index (χ2v) is 14.8. The van der Waals surface area contributed by atoms with Gasteiger partial charge >= 0.3 is 17.0 Å². The molecule has 258 valence electrons. The Hall–Kier alpha value is -4.31. The zero-order valence-corrected chi connectivity index (χ0v) is 27.6. The lowest BCUT2D eigenvalue weighted by Gasteiger charge is -2.43. The molecule has 1 aromatic heterocycles. The molecule has 3 N–H and O–H groups in total. The number of hydrogen-bond acceptors (Lipinski definition) is 9. The van der Waals surface area contributed by atoms with Crippen LogP contribution in [0.3, 0.4) is 0 Å². The largest absolute Gasteiger partial charge is 0.490 e. The summed E-state index contributed by atoms with van der Waals surface area (Å²) in [5, 5.41) is 12.6. The average molecular weight is 718 g/mol. The van der Waals surface area contributed by atoms with E-state index in [1.165, 1.54) is 30.8 Å². The van der Waals surface area contributed by atoms with Crippen LogP contribution in [0.15, 0.2) is 52.3 Å². The Bertz CT molecular complexity index is 1930. The number of carbonyl (C=O) groups is 4. The van der Waals surface area contributed by atoms with Crippen LogP contribution in [0.1, 0.15) is 42.2 Å². The molecule has 11 nitrogen and oxygen atoms in total. The third kappa shape index (κ3) is 5.58.